The number of allylic oxidation sites excluding steroid dienone is 1. The van der Waals surface area contributed by atoms with E-state index in [9.17, 15) is 5.11 Å². The van der Waals surface area contributed by atoms with Gasteiger partial charge in [0.25, 0.3) is 0 Å². The molecule has 3 nitrogen and oxygen atoms in total. The molecule has 31 heavy (non-hydrogen) atoms. The zero-order valence-electron chi connectivity index (χ0n) is 21.1. The molecular formula is C27H46O3Si. The fourth-order valence-electron chi connectivity index (χ4n) is 8.48. The third-order valence-electron chi connectivity index (χ3n) is 11.5. The summed E-state index contributed by atoms with van der Waals surface area (Å²) in [6, 6.07) is 0. The zero-order chi connectivity index (χ0) is 22.4. The Hall–Kier alpha value is -0.163. The Balaban J connectivity index is 1.35. The molecule has 4 aliphatic carbocycles. The summed E-state index contributed by atoms with van der Waals surface area (Å²) in [5, 5.41) is 10.1. The van der Waals surface area contributed by atoms with Crippen LogP contribution in [0, 0.1) is 28.6 Å². The minimum absolute atomic E-state index is 0.00303. The molecule has 0 bridgehead atoms. The highest BCUT2D eigenvalue weighted by Gasteiger charge is 2.74. The largest absolute Gasteiger partial charge is 0.414 e. The Morgan fingerprint density at radius 1 is 1.10 bits per heavy atom. The van der Waals surface area contributed by atoms with Gasteiger partial charge in [0.15, 0.2) is 8.32 Å². The molecule has 1 N–H and O–H groups in total. The molecular weight excluding hydrogens is 400 g/mol. The summed E-state index contributed by atoms with van der Waals surface area (Å²) in [7, 11) is -1.72. The Bertz CT molecular complexity index is 769. The fourth-order valence-corrected chi connectivity index (χ4v) is 9.87. The molecule has 5 rings (SSSR count). The van der Waals surface area contributed by atoms with E-state index >= 15 is 0 Å². The van der Waals surface area contributed by atoms with Crippen molar-refractivity contribution in [1.29, 1.82) is 0 Å². The summed E-state index contributed by atoms with van der Waals surface area (Å²) in [6.07, 6.45) is 13.2. The summed E-state index contributed by atoms with van der Waals surface area (Å²) in [6.45, 7) is 17.2. The summed E-state index contributed by atoms with van der Waals surface area (Å²) in [5.41, 5.74) is 2.35. The maximum absolute atomic E-state index is 9.78. The van der Waals surface area contributed by atoms with Crippen LogP contribution in [0.1, 0.15) is 86.0 Å². The first-order chi connectivity index (χ1) is 14.4. The van der Waals surface area contributed by atoms with Gasteiger partial charge in [-0.1, -0.05) is 46.3 Å². The molecule has 1 heterocycles. The third-order valence-corrected chi connectivity index (χ3v) is 16.0. The quantitative estimate of drug-likeness (QED) is 0.307. The van der Waals surface area contributed by atoms with Crippen LogP contribution in [0.2, 0.25) is 18.1 Å². The Kier molecular flexibility index (Phi) is 5.06. The number of aliphatic hydroxyl groups is 1. The van der Waals surface area contributed by atoms with Gasteiger partial charge in [-0.3, -0.25) is 0 Å². The third kappa shape index (κ3) is 3.07. The van der Waals surface area contributed by atoms with Crippen LogP contribution >= 0.6 is 0 Å². The smallest absolute Gasteiger partial charge is 0.192 e. The molecule has 4 heteroatoms. The molecule has 0 amide bonds. The van der Waals surface area contributed by atoms with Crippen molar-refractivity contribution in [1.82, 2.24) is 0 Å². The number of hydrogen-bond acceptors (Lipinski definition) is 3. The van der Waals surface area contributed by atoms with Crippen molar-refractivity contribution < 1.29 is 14.3 Å². The normalized spacial score (nSPS) is 49.3. The second kappa shape index (κ2) is 6.93. The number of fused-ring (bicyclic) bond motifs is 6. The molecule has 176 valence electrons. The van der Waals surface area contributed by atoms with Crippen LogP contribution in [0.5, 0.6) is 0 Å². The first kappa shape index (κ1) is 22.6. The zero-order valence-corrected chi connectivity index (χ0v) is 22.1. The highest BCUT2D eigenvalue weighted by atomic mass is 28.4. The van der Waals surface area contributed by atoms with E-state index in [-0.39, 0.29) is 28.8 Å². The summed E-state index contributed by atoms with van der Waals surface area (Å²) in [4.78, 5) is 0. The van der Waals surface area contributed by atoms with Crippen LogP contribution in [0.4, 0.5) is 0 Å². The maximum atomic E-state index is 9.78. The Morgan fingerprint density at radius 3 is 2.45 bits per heavy atom. The number of rotatable bonds is 3. The van der Waals surface area contributed by atoms with Crippen molar-refractivity contribution in [3.8, 4) is 0 Å². The molecule has 4 fully saturated rings. The van der Waals surface area contributed by atoms with Gasteiger partial charge in [-0.25, -0.2) is 0 Å². The summed E-state index contributed by atoms with van der Waals surface area (Å²) < 4.78 is 13.1. The van der Waals surface area contributed by atoms with Gasteiger partial charge in [-0.2, -0.15) is 0 Å². The average molecular weight is 447 g/mol. The van der Waals surface area contributed by atoms with Crippen LogP contribution in [0.25, 0.3) is 0 Å². The molecule has 0 radical (unpaired) electrons. The molecule has 8 atom stereocenters. The van der Waals surface area contributed by atoms with E-state index in [0.29, 0.717) is 11.5 Å². The van der Waals surface area contributed by atoms with E-state index in [2.05, 4.69) is 53.8 Å². The van der Waals surface area contributed by atoms with Crippen LogP contribution in [-0.4, -0.2) is 37.8 Å². The van der Waals surface area contributed by atoms with Crippen LogP contribution < -0.4 is 0 Å². The minimum atomic E-state index is -1.72. The Morgan fingerprint density at radius 2 is 1.81 bits per heavy atom. The van der Waals surface area contributed by atoms with Crippen LogP contribution in [-0.2, 0) is 9.16 Å². The SMILES string of the molecule is CC(C)(C)[Si](C)(C)O[C@H]1CC[C@@]2(C)C(=CC[C@@H]3[C@@H]2CC[C@@]2(C)[C@H]3CC[C@]23O[C@H]3CO)C1. The molecule has 1 saturated heterocycles. The van der Waals surface area contributed by atoms with Crippen molar-refractivity contribution in [2.24, 2.45) is 28.6 Å². The van der Waals surface area contributed by atoms with E-state index in [1.54, 1.807) is 5.57 Å². The summed E-state index contributed by atoms with van der Waals surface area (Å²) >= 11 is 0. The van der Waals surface area contributed by atoms with Gasteiger partial charge in [0, 0.05) is 11.5 Å². The van der Waals surface area contributed by atoms with Gasteiger partial charge in [-0.15, -0.1) is 0 Å². The standard InChI is InChI=1S/C27H46O3Si/c1-24(2,3)31(6,7)30-19-10-13-25(4)18(16-19)8-9-20-21(25)11-14-26(5)22(20)12-15-27(26)23(17-28)29-27/h8,19-23,28H,9-17H2,1-7H3/t19-,20+,21-,22-,23-,25-,26-,27+/m0/s1. The highest BCUT2D eigenvalue weighted by Crippen LogP contribution is 2.72. The van der Waals surface area contributed by atoms with Gasteiger partial charge < -0.3 is 14.3 Å². The first-order valence-corrected chi connectivity index (χ1v) is 15.9. The lowest BCUT2D eigenvalue weighted by molar-refractivity contribution is -0.0550. The lowest BCUT2D eigenvalue weighted by atomic mass is 9.47. The molecule has 5 aliphatic rings. The van der Waals surface area contributed by atoms with Crippen molar-refractivity contribution in [3.63, 3.8) is 0 Å². The number of hydrogen-bond donors (Lipinski definition) is 1. The van der Waals surface area contributed by atoms with Gasteiger partial charge in [0.2, 0.25) is 0 Å². The number of aliphatic hydroxyl groups excluding tert-OH is 1. The second-order valence-corrected chi connectivity index (χ2v) is 18.4. The topological polar surface area (TPSA) is 42.0 Å². The van der Waals surface area contributed by atoms with Gasteiger partial charge in [0.1, 0.15) is 11.7 Å². The minimum Gasteiger partial charge on any atom is -0.414 e. The van der Waals surface area contributed by atoms with Gasteiger partial charge >= 0.3 is 0 Å². The van der Waals surface area contributed by atoms with Crippen LogP contribution in [0.15, 0.2) is 11.6 Å². The van der Waals surface area contributed by atoms with Crippen molar-refractivity contribution >= 4 is 8.32 Å². The molecule has 1 spiro atoms. The van der Waals surface area contributed by atoms with Crippen molar-refractivity contribution in [2.75, 3.05) is 6.61 Å². The molecule has 3 saturated carbocycles. The van der Waals surface area contributed by atoms with Crippen LogP contribution in [0.3, 0.4) is 0 Å². The molecule has 0 unspecified atom stereocenters. The van der Waals surface area contributed by atoms with Crippen molar-refractivity contribution in [2.45, 2.75) is 122 Å². The van der Waals surface area contributed by atoms with Gasteiger partial charge in [-0.05, 0) is 92.7 Å². The van der Waals surface area contributed by atoms with E-state index in [0.717, 1.165) is 24.2 Å². The number of ether oxygens (including phenoxy) is 1. The number of epoxide rings is 1. The van der Waals surface area contributed by atoms with E-state index in [1.165, 1.54) is 44.9 Å². The predicted octanol–water partition coefficient (Wildman–Crippen LogP) is 6.47. The molecule has 0 aromatic carbocycles. The van der Waals surface area contributed by atoms with Crippen molar-refractivity contribution in [3.05, 3.63) is 11.6 Å². The molecule has 0 aromatic rings. The van der Waals surface area contributed by atoms with E-state index < -0.39 is 8.32 Å². The fraction of sp³-hybridized carbons (Fsp3) is 0.926. The highest BCUT2D eigenvalue weighted by molar-refractivity contribution is 6.74. The van der Waals surface area contributed by atoms with Gasteiger partial charge in [0.05, 0.1) is 6.61 Å². The monoisotopic (exact) mass is 446 g/mol. The lowest BCUT2D eigenvalue weighted by Crippen LogP contribution is -2.53. The lowest BCUT2D eigenvalue weighted by Gasteiger charge is -2.58. The van der Waals surface area contributed by atoms with E-state index in [1.807, 2.05) is 0 Å². The maximum Gasteiger partial charge on any atom is 0.192 e. The van der Waals surface area contributed by atoms with E-state index in [4.69, 9.17) is 9.16 Å². The molecule has 0 aromatic heterocycles. The second-order valence-electron chi connectivity index (χ2n) is 13.7. The summed E-state index contributed by atoms with van der Waals surface area (Å²) in [5.74, 6) is 2.38. The predicted molar refractivity (Wildman–Crippen MR) is 128 cm³/mol. The average Bonchev–Trinajstić information content (AvgIpc) is 3.33. The Labute approximate surface area is 191 Å². The molecule has 1 aliphatic heterocycles. The first-order valence-electron chi connectivity index (χ1n) is 13.0.